The van der Waals surface area contributed by atoms with Crippen molar-refractivity contribution in [3.05, 3.63) is 35.5 Å². The highest BCUT2D eigenvalue weighted by atomic mass is 16.5. The molecule has 2 heterocycles. The van der Waals surface area contributed by atoms with Gasteiger partial charge in [0.1, 0.15) is 6.54 Å². The molecular formula is C18H22N2O3. The summed E-state index contributed by atoms with van der Waals surface area (Å²) in [5.74, 6) is -0.0549. The van der Waals surface area contributed by atoms with Gasteiger partial charge < -0.3 is 14.6 Å². The van der Waals surface area contributed by atoms with E-state index in [1.807, 2.05) is 22.8 Å². The van der Waals surface area contributed by atoms with Crippen molar-refractivity contribution in [2.45, 2.75) is 38.8 Å². The van der Waals surface area contributed by atoms with Crippen molar-refractivity contribution < 1.29 is 14.3 Å². The third kappa shape index (κ3) is 3.29. The molecule has 5 nitrogen and oxygen atoms in total. The molecule has 3 rings (SSSR count). The number of nitrogens with zero attached hydrogens (tertiary/aromatic N) is 1. The first-order valence-corrected chi connectivity index (χ1v) is 8.17. The van der Waals surface area contributed by atoms with Crippen LogP contribution in [0.25, 0.3) is 10.9 Å². The van der Waals surface area contributed by atoms with E-state index in [-0.39, 0.29) is 18.6 Å². The molecule has 1 N–H and O–H groups in total. The van der Waals surface area contributed by atoms with Crippen LogP contribution in [-0.4, -0.2) is 36.0 Å². The van der Waals surface area contributed by atoms with E-state index in [1.165, 1.54) is 0 Å². The number of aromatic nitrogens is 1. The van der Waals surface area contributed by atoms with Crippen LogP contribution in [0, 0.1) is 0 Å². The van der Waals surface area contributed by atoms with E-state index >= 15 is 0 Å². The SMILES string of the molecule is CCc1cccc2c(C=O)cn(CC(=O)NCC3CCCO3)c12. The molecule has 0 radical (unpaired) electrons. The smallest absolute Gasteiger partial charge is 0.240 e. The number of amides is 1. The van der Waals surface area contributed by atoms with Crippen LogP contribution in [0.3, 0.4) is 0 Å². The standard InChI is InChI=1S/C18H22N2O3/c1-2-13-5-3-7-16-14(12-21)10-20(18(13)16)11-17(22)19-9-15-6-4-8-23-15/h3,5,7,10,12,15H,2,4,6,8-9,11H2,1H3,(H,19,22). The Labute approximate surface area is 135 Å². The highest BCUT2D eigenvalue weighted by Gasteiger charge is 2.17. The zero-order valence-electron chi connectivity index (χ0n) is 13.4. The average Bonchev–Trinajstić information content (AvgIpc) is 3.20. The zero-order valence-corrected chi connectivity index (χ0v) is 13.4. The maximum atomic E-state index is 12.2. The van der Waals surface area contributed by atoms with E-state index in [0.29, 0.717) is 12.1 Å². The average molecular weight is 314 g/mol. The van der Waals surface area contributed by atoms with Crippen LogP contribution in [0.15, 0.2) is 24.4 Å². The molecule has 1 aromatic heterocycles. The summed E-state index contributed by atoms with van der Waals surface area (Å²) in [4.78, 5) is 23.5. The second-order valence-corrected chi connectivity index (χ2v) is 5.94. The Morgan fingerprint density at radius 3 is 3.04 bits per heavy atom. The summed E-state index contributed by atoms with van der Waals surface area (Å²) in [5, 5.41) is 3.84. The van der Waals surface area contributed by atoms with Gasteiger partial charge in [-0.1, -0.05) is 25.1 Å². The predicted molar refractivity (Wildman–Crippen MR) is 88.7 cm³/mol. The lowest BCUT2D eigenvalue weighted by molar-refractivity contribution is -0.122. The van der Waals surface area contributed by atoms with Crippen LogP contribution in [-0.2, 0) is 22.5 Å². The number of carbonyl (C=O) groups is 2. The third-order valence-electron chi connectivity index (χ3n) is 4.39. The van der Waals surface area contributed by atoms with E-state index in [1.54, 1.807) is 6.20 Å². The molecule has 5 heteroatoms. The highest BCUT2D eigenvalue weighted by Crippen LogP contribution is 2.24. The fraction of sp³-hybridized carbons (Fsp3) is 0.444. The number of hydrogen-bond acceptors (Lipinski definition) is 3. The lowest BCUT2D eigenvalue weighted by Gasteiger charge is -2.12. The maximum absolute atomic E-state index is 12.2. The summed E-state index contributed by atoms with van der Waals surface area (Å²) in [5.41, 5.74) is 2.74. The number of fused-ring (bicyclic) bond motifs is 1. The number of aryl methyl sites for hydroxylation is 1. The Hall–Kier alpha value is -2.14. The molecule has 1 unspecified atom stereocenters. The first-order chi connectivity index (χ1) is 11.2. The minimum absolute atomic E-state index is 0.0549. The molecule has 2 aromatic rings. The molecule has 1 aliphatic rings. The van der Waals surface area contributed by atoms with Gasteiger partial charge in [0.15, 0.2) is 6.29 Å². The van der Waals surface area contributed by atoms with Gasteiger partial charge in [0.25, 0.3) is 0 Å². The van der Waals surface area contributed by atoms with Gasteiger partial charge in [-0.25, -0.2) is 0 Å². The van der Waals surface area contributed by atoms with Gasteiger partial charge in [-0.2, -0.15) is 0 Å². The van der Waals surface area contributed by atoms with Crippen molar-refractivity contribution in [2.75, 3.05) is 13.2 Å². The van der Waals surface area contributed by atoms with Crippen LogP contribution in [0.2, 0.25) is 0 Å². The van der Waals surface area contributed by atoms with Crippen molar-refractivity contribution in [1.29, 1.82) is 0 Å². The third-order valence-corrected chi connectivity index (χ3v) is 4.39. The minimum Gasteiger partial charge on any atom is -0.376 e. The molecule has 1 amide bonds. The Kier molecular flexibility index (Phi) is 4.76. The Morgan fingerprint density at radius 1 is 1.48 bits per heavy atom. The number of benzene rings is 1. The summed E-state index contributed by atoms with van der Waals surface area (Å²) in [7, 11) is 0. The van der Waals surface area contributed by atoms with Crippen molar-refractivity contribution in [1.82, 2.24) is 9.88 Å². The van der Waals surface area contributed by atoms with Crippen LogP contribution >= 0.6 is 0 Å². The number of carbonyl (C=O) groups excluding carboxylic acids is 2. The minimum atomic E-state index is -0.0549. The van der Waals surface area contributed by atoms with Gasteiger partial charge in [0.05, 0.1) is 11.6 Å². The van der Waals surface area contributed by atoms with Crippen LogP contribution in [0.5, 0.6) is 0 Å². The summed E-state index contributed by atoms with van der Waals surface area (Å²) in [6, 6.07) is 5.92. The molecule has 122 valence electrons. The van der Waals surface area contributed by atoms with Crippen LogP contribution < -0.4 is 5.32 Å². The zero-order chi connectivity index (χ0) is 16.2. The van der Waals surface area contributed by atoms with E-state index in [0.717, 1.165) is 48.6 Å². The molecule has 23 heavy (non-hydrogen) atoms. The van der Waals surface area contributed by atoms with Gasteiger partial charge in [-0.05, 0) is 24.8 Å². The lowest BCUT2D eigenvalue weighted by Crippen LogP contribution is -2.34. The summed E-state index contributed by atoms with van der Waals surface area (Å²) < 4.78 is 7.39. The largest absolute Gasteiger partial charge is 0.376 e. The number of rotatable bonds is 6. The number of para-hydroxylation sites is 1. The number of hydrogen-bond donors (Lipinski definition) is 1. The number of aldehydes is 1. The second-order valence-electron chi connectivity index (χ2n) is 5.94. The second kappa shape index (κ2) is 6.96. The molecule has 1 aromatic carbocycles. The quantitative estimate of drug-likeness (QED) is 0.832. The summed E-state index contributed by atoms with van der Waals surface area (Å²) in [6.45, 7) is 3.63. The highest BCUT2D eigenvalue weighted by molar-refractivity contribution is 5.99. The molecule has 0 saturated carbocycles. The molecular weight excluding hydrogens is 292 g/mol. The fourth-order valence-electron chi connectivity index (χ4n) is 3.21. The predicted octanol–water partition coefficient (Wildman–Crippen LogP) is 2.31. The number of ether oxygens (including phenoxy) is 1. The maximum Gasteiger partial charge on any atom is 0.240 e. The first-order valence-electron chi connectivity index (χ1n) is 8.17. The first kappa shape index (κ1) is 15.7. The van der Waals surface area contributed by atoms with Gasteiger partial charge in [0.2, 0.25) is 5.91 Å². The van der Waals surface area contributed by atoms with Gasteiger partial charge in [-0.15, -0.1) is 0 Å². The van der Waals surface area contributed by atoms with Gasteiger partial charge in [-0.3, -0.25) is 9.59 Å². The monoisotopic (exact) mass is 314 g/mol. The van der Waals surface area contributed by atoms with Gasteiger partial charge >= 0.3 is 0 Å². The van der Waals surface area contributed by atoms with Crippen LogP contribution in [0.4, 0.5) is 0 Å². The van der Waals surface area contributed by atoms with Crippen LogP contribution in [0.1, 0.15) is 35.7 Å². The van der Waals surface area contributed by atoms with Crippen molar-refractivity contribution >= 4 is 23.1 Å². The van der Waals surface area contributed by atoms with E-state index in [2.05, 4.69) is 12.2 Å². The number of nitrogens with one attached hydrogen (secondary N) is 1. The fourth-order valence-corrected chi connectivity index (χ4v) is 3.21. The van der Waals surface area contributed by atoms with E-state index < -0.39 is 0 Å². The van der Waals surface area contributed by atoms with Crippen molar-refractivity contribution in [3.63, 3.8) is 0 Å². The lowest BCUT2D eigenvalue weighted by atomic mass is 10.1. The van der Waals surface area contributed by atoms with E-state index in [9.17, 15) is 9.59 Å². The molecule has 0 bridgehead atoms. The van der Waals surface area contributed by atoms with Gasteiger partial charge in [0, 0.05) is 30.3 Å². The van der Waals surface area contributed by atoms with Crippen molar-refractivity contribution in [3.8, 4) is 0 Å². The summed E-state index contributed by atoms with van der Waals surface area (Å²) in [6.07, 6.45) is 5.67. The Bertz CT molecular complexity index is 714. The van der Waals surface area contributed by atoms with Crippen molar-refractivity contribution in [2.24, 2.45) is 0 Å². The molecule has 0 aliphatic carbocycles. The molecule has 0 spiro atoms. The molecule has 1 atom stereocenters. The Morgan fingerprint density at radius 2 is 2.35 bits per heavy atom. The Balaban J connectivity index is 1.78. The molecule has 1 aliphatic heterocycles. The molecule has 1 saturated heterocycles. The molecule has 1 fully saturated rings. The topological polar surface area (TPSA) is 60.3 Å². The normalized spacial score (nSPS) is 17.5. The summed E-state index contributed by atoms with van der Waals surface area (Å²) >= 11 is 0. The van der Waals surface area contributed by atoms with E-state index in [4.69, 9.17) is 4.74 Å².